The second-order valence-corrected chi connectivity index (χ2v) is 5.28. The molecule has 1 saturated carbocycles. The topological polar surface area (TPSA) is 29.5 Å². The fraction of sp³-hybridized carbons (Fsp3) is 1.00. The third kappa shape index (κ3) is 3.25. The lowest BCUT2D eigenvalue weighted by Crippen LogP contribution is -2.42. The number of aliphatic hydroxyl groups is 1. The van der Waals surface area contributed by atoms with Crippen LogP contribution in [0.3, 0.4) is 0 Å². The van der Waals surface area contributed by atoms with Crippen molar-refractivity contribution in [1.29, 1.82) is 0 Å². The molecule has 0 bridgehead atoms. The molecule has 14 heavy (non-hydrogen) atoms. The van der Waals surface area contributed by atoms with Crippen LogP contribution in [-0.4, -0.2) is 23.4 Å². The van der Waals surface area contributed by atoms with Gasteiger partial charge in [-0.1, -0.05) is 13.8 Å². The predicted molar refractivity (Wildman–Crippen MR) is 58.2 cm³/mol. The summed E-state index contributed by atoms with van der Waals surface area (Å²) in [6.07, 6.45) is 3.12. The van der Waals surface area contributed by atoms with Crippen LogP contribution in [0.4, 0.5) is 0 Å². The van der Waals surface area contributed by atoms with Crippen molar-refractivity contribution in [3.8, 4) is 0 Å². The van der Waals surface area contributed by atoms with Crippen LogP contribution in [0.2, 0.25) is 0 Å². The van der Waals surface area contributed by atoms with E-state index in [1.807, 2.05) is 13.8 Å². The fourth-order valence-corrected chi connectivity index (χ4v) is 2.14. The molecule has 2 heteroatoms. The van der Waals surface area contributed by atoms with Gasteiger partial charge < -0.3 is 9.84 Å². The van der Waals surface area contributed by atoms with Crippen molar-refractivity contribution in [3.63, 3.8) is 0 Å². The lowest BCUT2D eigenvalue weighted by atomic mass is 9.73. The number of rotatable bonds is 3. The van der Waals surface area contributed by atoms with E-state index in [0.29, 0.717) is 12.5 Å². The van der Waals surface area contributed by atoms with Crippen LogP contribution >= 0.6 is 0 Å². The van der Waals surface area contributed by atoms with Crippen LogP contribution in [0.1, 0.15) is 47.0 Å². The Kier molecular flexibility index (Phi) is 3.96. The molecule has 0 radical (unpaired) electrons. The Hall–Kier alpha value is -0.0800. The lowest BCUT2D eigenvalue weighted by Gasteiger charge is -2.39. The molecule has 1 aliphatic rings. The second-order valence-electron chi connectivity index (χ2n) is 5.28. The number of ether oxygens (including phenoxy) is 1. The summed E-state index contributed by atoms with van der Waals surface area (Å²) in [6.45, 7) is 9.02. The molecule has 0 spiro atoms. The van der Waals surface area contributed by atoms with Crippen LogP contribution in [-0.2, 0) is 4.74 Å². The molecule has 0 heterocycles. The van der Waals surface area contributed by atoms with Gasteiger partial charge in [0.25, 0.3) is 0 Å². The van der Waals surface area contributed by atoms with Crippen molar-refractivity contribution in [2.45, 2.75) is 58.7 Å². The first-order chi connectivity index (χ1) is 6.43. The molecular formula is C12H24O2. The SMILES string of the molecule is CC(C)OCC1(O)CCC(C)C(C)C1. The third-order valence-corrected chi connectivity index (χ3v) is 3.42. The van der Waals surface area contributed by atoms with E-state index in [1.54, 1.807) is 0 Å². The maximum atomic E-state index is 10.3. The predicted octanol–water partition coefficient (Wildman–Crippen LogP) is 2.60. The lowest BCUT2D eigenvalue weighted by molar-refractivity contribution is -0.100. The Bertz CT molecular complexity index is 179. The highest BCUT2D eigenvalue weighted by Crippen LogP contribution is 2.36. The minimum atomic E-state index is -0.559. The van der Waals surface area contributed by atoms with Crippen molar-refractivity contribution in [3.05, 3.63) is 0 Å². The molecule has 0 aromatic carbocycles. The molecule has 3 unspecified atom stereocenters. The van der Waals surface area contributed by atoms with Gasteiger partial charge in [0.1, 0.15) is 0 Å². The van der Waals surface area contributed by atoms with Crippen LogP contribution in [0.5, 0.6) is 0 Å². The first-order valence-electron chi connectivity index (χ1n) is 5.77. The summed E-state index contributed by atoms with van der Waals surface area (Å²) in [6, 6.07) is 0. The van der Waals surface area contributed by atoms with Gasteiger partial charge in [-0.25, -0.2) is 0 Å². The second kappa shape index (κ2) is 4.63. The van der Waals surface area contributed by atoms with E-state index in [-0.39, 0.29) is 6.10 Å². The quantitative estimate of drug-likeness (QED) is 0.759. The first kappa shape index (κ1) is 12.0. The van der Waals surface area contributed by atoms with E-state index < -0.39 is 5.60 Å². The van der Waals surface area contributed by atoms with Crippen LogP contribution in [0, 0.1) is 11.8 Å². The maximum Gasteiger partial charge on any atom is 0.0883 e. The summed E-state index contributed by atoms with van der Waals surface area (Å²) >= 11 is 0. The number of hydrogen-bond acceptors (Lipinski definition) is 2. The van der Waals surface area contributed by atoms with E-state index in [0.717, 1.165) is 25.2 Å². The van der Waals surface area contributed by atoms with Gasteiger partial charge in [0, 0.05) is 0 Å². The molecule has 3 atom stereocenters. The van der Waals surface area contributed by atoms with E-state index in [2.05, 4.69) is 13.8 Å². The summed E-state index contributed by atoms with van der Waals surface area (Å²) in [5.41, 5.74) is -0.559. The van der Waals surface area contributed by atoms with Crippen molar-refractivity contribution < 1.29 is 9.84 Å². The molecule has 0 saturated heterocycles. The van der Waals surface area contributed by atoms with Crippen LogP contribution in [0.15, 0.2) is 0 Å². The standard InChI is InChI=1S/C12H24O2/c1-9(2)14-8-12(13)6-5-10(3)11(4)7-12/h9-11,13H,5-8H2,1-4H3. The molecule has 0 amide bonds. The zero-order chi connectivity index (χ0) is 10.8. The molecule has 1 rings (SSSR count). The Balaban J connectivity index is 2.41. The largest absolute Gasteiger partial charge is 0.387 e. The Morgan fingerprint density at radius 1 is 1.36 bits per heavy atom. The van der Waals surface area contributed by atoms with Crippen molar-refractivity contribution in [1.82, 2.24) is 0 Å². The Morgan fingerprint density at radius 3 is 2.50 bits per heavy atom. The zero-order valence-corrected chi connectivity index (χ0v) is 9.92. The maximum absolute atomic E-state index is 10.3. The normalized spacial score (nSPS) is 39.0. The van der Waals surface area contributed by atoms with Crippen molar-refractivity contribution in [2.75, 3.05) is 6.61 Å². The van der Waals surface area contributed by atoms with Crippen molar-refractivity contribution in [2.24, 2.45) is 11.8 Å². The van der Waals surface area contributed by atoms with E-state index in [9.17, 15) is 5.11 Å². The molecule has 0 aromatic rings. The summed E-state index contributed by atoms with van der Waals surface area (Å²) in [5.74, 6) is 1.36. The van der Waals surface area contributed by atoms with Gasteiger partial charge in [-0.2, -0.15) is 0 Å². The molecule has 1 aliphatic carbocycles. The minimum absolute atomic E-state index is 0.216. The van der Waals surface area contributed by atoms with Crippen molar-refractivity contribution >= 4 is 0 Å². The van der Waals surface area contributed by atoms with Gasteiger partial charge in [0.2, 0.25) is 0 Å². The molecule has 1 fully saturated rings. The smallest absolute Gasteiger partial charge is 0.0883 e. The number of hydrogen-bond donors (Lipinski definition) is 1. The average molecular weight is 200 g/mol. The highest BCUT2D eigenvalue weighted by molar-refractivity contribution is 4.87. The van der Waals surface area contributed by atoms with Gasteiger partial charge in [0.05, 0.1) is 18.3 Å². The van der Waals surface area contributed by atoms with Gasteiger partial charge >= 0.3 is 0 Å². The monoisotopic (exact) mass is 200 g/mol. The van der Waals surface area contributed by atoms with Gasteiger partial charge in [-0.15, -0.1) is 0 Å². The van der Waals surface area contributed by atoms with E-state index >= 15 is 0 Å². The molecule has 0 aromatic heterocycles. The summed E-state index contributed by atoms with van der Waals surface area (Å²) < 4.78 is 5.52. The average Bonchev–Trinajstić information content (AvgIpc) is 2.09. The molecule has 84 valence electrons. The fourth-order valence-electron chi connectivity index (χ4n) is 2.14. The summed E-state index contributed by atoms with van der Waals surface area (Å²) in [5, 5.41) is 10.3. The van der Waals surface area contributed by atoms with Gasteiger partial charge in [-0.05, 0) is 44.9 Å². The molecular weight excluding hydrogens is 176 g/mol. The third-order valence-electron chi connectivity index (χ3n) is 3.42. The highest BCUT2D eigenvalue weighted by Gasteiger charge is 2.36. The zero-order valence-electron chi connectivity index (χ0n) is 9.92. The summed E-state index contributed by atoms with van der Waals surface area (Å²) in [4.78, 5) is 0. The molecule has 2 nitrogen and oxygen atoms in total. The Labute approximate surface area is 87.7 Å². The van der Waals surface area contributed by atoms with Gasteiger partial charge in [-0.3, -0.25) is 0 Å². The Morgan fingerprint density at radius 2 is 2.00 bits per heavy atom. The highest BCUT2D eigenvalue weighted by atomic mass is 16.5. The molecule has 1 N–H and O–H groups in total. The van der Waals surface area contributed by atoms with Crippen LogP contribution in [0.25, 0.3) is 0 Å². The van der Waals surface area contributed by atoms with E-state index in [1.165, 1.54) is 0 Å². The van der Waals surface area contributed by atoms with E-state index in [4.69, 9.17) is 4.74 Å². The minimum Gasteiger partial charge on any atom is -0.387 e. The van der Waals surface area contributed by atoms with Crippen LogP contribution < -0.4 is 0 Å². The summed E-state index contributed by atoms with van der Waals surface area (Å²) in [7, 11) is 0. The molecule has 0 aliphatic heterocycles. The first-order valence-corrected chi connectivity index (χ1v) is 5.77. The van der Waals surface area contributed by atoms with Gasteiger partial charge in [0.15, 0.2) is 0 Å².